The Balaban J connectivity index is 0. The molecule has 3 N–H and O–H groups in total. The van der Waals surface area contributed by atoms with Crippen LogP contribution in [0.15, 0.2) is 0 Å². The first-order valence-corrected chi connectivity index (χ1v) is 1.37. The van der Waals surface area contributed by atoms with E-state index in [0.717, 1.165) is 0 Å². The lowest BCUT2D eigenvalue weighted by molar-refractivity contribution is -0.108. The maximum absolute atomic E-state index is 9.31. The molecule has 0 radical (unpaired) electrons. The summed E-state index contributed by atoms with van der Waals surface area (Å²) in [5.41, 5.74) is 0. The van der Waals surface area contributed by atoms with E-state index in [9.17, 15) is 4.79 Å². The van der Waals surface area contributed by atoms with E-state index in [2.05, 4.69) is 12.6 Å². The van der Waals surface area contributed by atoms with Crippen molar-refractivity contribution in [3.63, 3.8) is 0 Å². The molecule has 0 bridgehead atoms. The Hall–Kier alpha value is -0.0200. The van der Waals surface area contributed by atoms with Crippen molar-refractivity contribution < 1.29 is 4.79 Å². The number of rotatable bonds is 0. The van der Waals surface area contributed by atoms with E-state index in [4.69, 9.17) is 0 Å². The second-order valence-corrected chi connectivity index (χ2v) is 1.15. The number of carbonyl (C=O) groups excluding carboxylic acids is 1. The Kier molecular flexibility index (Phi) is 7.07. The van der Waals surface area contributed by atoms with Crippen LogP contribution in [0.5, 0.6) is 0 Å². The molecule has 0 fully saturated rings. The van der Waals surface area contributed by atoms with Crippen LogP contribution < -0.4 is 6.15 Å². The van der Waals surface area contributed by atoms with Gasteiger partial charge in [0.15, 0.2) is 5.12 Å². The Bertz CT molecular complexity index is 32.6. The van der Waals surface area contributed by atoms with Gasteiger partial charge in [-0.15, -0.1) is 12.6 Å². The SMILES string of the molecule is CC(=O)S.N. The minimum Gasteiger partial charge on any atom is -0.344 e. The van der Waals surface area contributed by atoms with Gasteiger partial charge >= 0.3 is 0 Å². The highest BCUT2D eigenvalue weighted by Crippen LogP contribution is 1.66. The van der Waals surface area contributed by atoms with Crippen molar-refractivity contribution in [1.82, 2.24) is 6.15 Å². The first-order chi connectivity index (χ1) is 1.73. The van der Waals surface area contributed by atoms with Crippen molar-refractivity contribution in [3.05, 3.63) is 0 Å². The Morgan fingerprint density at radius 3 is 1.80 bits per heavy atom. The molecule has 0 aromatic rings. The van der Waals surface area contributed by atoms with Gasteiger partial charge in [0.05, 0.1) is 0 Å². The molecule has 0 saturated carbocycles. The molecular formula is C2H7NOS. The number of hydrogen-bond acceptors (Lipinski definition) is 2. The maximum Gasteiger partial charge on any atom is 0.182 e. The lowest BCUT2D eigenvalue weighted by Crippen LogP contribution is -1.62. The molecule has 3 heteroatoms. The molecule has 0 amide bonds. The Labute approximate surface area is 36.6 Å². The second-order valence-electron chi connectivity index (χ2n) is 0.519. The van der Waals surface area contributed by atoms with E-state index in [1.807, 2.05) is 0 Å². The topological polar surface area (TPSA) is 52.1 Å². The van der Waals surface area contributed by atoms with Gasteiger partial charge in [-0.25, -0.2) is 0 Å². The van der Waals surface area contributed by atoms with E-state index in [-0.39, 0.29) is 11.3 Å². The summed E-state index contributed by atoms with van der Waals surface area (Å²) in [6, 6.07) is 0. The summed E-state index contributed by atoms with van der Waals surface area (Å²) in [5, 5.41) is -0.139. The van der Waals surface area contributed by atoms with Gasteiger partial charge in [0.2, 0.25) is 0 Å². The highest BCUT2D eigenvalue weighted by Gasteiger charge is 1.63. The molecular weight excluding hydrogens is 86.1 g/mol. The normalized spacial score (nSPS) is 5.20. The average molecular weight is 93.2 g/mol. The molecule has 0 heterocycles. The highest BCUT2D eigenvalue weighted by atomic mass is 32.1. The van der Waals surface area contributed by atoms with Crippen LogP contribution in [0.3, 0.4) is 0 Å². The fraction of sp³-hybridized carbons (Fsp3) is 0.500. The molecule has 32 valence electrons. The number of carbonyl (C=O) groups is 1. The summed E-state index contributed by atoms with van der Waals surface area (Å²) in [6.45, 7) is 1.39. The summed E-state index contributed by atoms with van der Waals surface area (Å²) in [7, 11) is 0. The number of hydrogen-bond donors (Lipinski definition) is 2. The van der Waals surface area contributed by atoms with E-state index in [1.54, 1.807) is 0 Å². The fourth-order valence-electron chi connectivity index (χ4n) is 0. The molecule has 0 aromatic carbocycles. The average Bonchev–Trinajstić information content (AvgIpc) is 0.811. The van der Waals surface area contributed by atoms with Crippen LogP contribution in [0.1, 0.15) is 6.92 Å². The van der Waals surface area contributed by atoms with Crippen LogP contribution in [0.25, 0.3) is 0 Å². The third-order valence-electron chi connectivity index (χ3n) is 0. The molecule has 0 aromatic heterocycles. The summed E-state index contributed by atoms with van der Waals surface area (Å²) >= 11 is 3.33. The van der Waals surface area contributed by atoms with Crippen molar-refractivity contribution in [1.29, 1.82) is 0 Å². The molecule has 0 aliphatic carbocycles. The summed E-state index contributed by atoms with van der Waals surface area (Å²) < 4.78 is 0. The van der Waals surface area contributed by atoms with Gasteiger partial charge in [0, 0.05) is 6.92 Å². The monoisotopic (exact) mass is 93.0 g/mol. The standard InChI is InChI=1S/C2H4OS.H3N/c1-2(3)4;/h1H3,(H,3,4);1H3. The first kappa shape index (κ1) is 8.88. The summed E-state index contributed by atoms with van der Waals surface area (Å²) in [4.78, 5) is 9.31. The van der Waals surface area contributed by atoms with E-state index >= 15 is 0 Å². The third kappa shape index (κ3) is 39000. The predicted octanol–water partition coefficient (Wildman–Crippen LogP) is 0.625. The molecule has 5 heavy (non-hydrogen) atoms. The maximum atomic E-state index is 9.31. The van der Waals surface area contributed by atoms with Crippen LogP contribution in [0.4, 0.5) is 0 Å². The van der Waals surface area contributed by atoms with Crippen molar-refractivity contribution in [2.24, 2.45) is 0 Å². The molecule has 0 aliphatic heterocycles. The molecule has 0 spiro atoms. The van der Waals surface area contributed by atoms with Gasteiger partial charge < -0.3 is 6.15 Å². The second kappa shape index (κ2) is 3.98. The zero-order chi connectivity index (χ0) is 3.58. The van der Waals surface area contributed by atoms with Crippen molar-refractivity contribution in [2.45, 2.75) is 6.92 Å². The summed E-state index contributed by atoms with van der Waals surface area (Å²) in [5.74, 6) is 0. The lowest BCUT2D eigenvalue weighted by atomic mass is 10.9. The van der Waals surface area contributed by atoms with Crippen LogP contribution in [-0.4, -0.2) is 5.12 Å². The van der Waals surface area contributed by atoms with E-state index in [0.29, 0.717) is 0 Å². The van der Waals surface area contributed by atoms with Gasteiger partial charge in [-0.3, -0.25) is 4.79 Å². The fourth-order valence-corrected chi connectivity index (χ4v) is 0. The Morgan fingerprint density at radius 1 is 1.80 bits per heavy atom. The van der Waals surface area contributed by atoms with Gasteiger partial charge in [0.1, 0.15) is 0 Å². The molecule has 0 unspecified atom stereocenters. The smallest absolute Gasteiger partial charge is 0.182 e. The van der Waals surface area contributed by atoms with Crippen molar-refractivity contribution in [3.8, 4) is 0 Å². The highest BCUT2D eigenvalue weighted by molar-refractivity contribution is 7.96. The van der Waals surface area contributed by atoms with E-state index in [1.165, 1.54) is 6.92 Å². The van der Waals surface area contributed by atoms with Crippen LogP contribution in [0, 0.1) is 0 Å². The number of thiol groups is 1. The molecule has 0 rings (SSSR count). The Morgan fingerprint density at radius 2 is 1.80 bits per heavy atom. The predicted molar refractivity (Wildman–Crippen MR) is 24.7 cm³/mol. The zero-order valence-corrected chi connectivity index (χ0v) is 3.96. The van der Waals surface area contributed by atoms with Gasteiger partial charge in [-0.1, -0.05) is 0 Å². The molecule has 0 saturated heterocycles. The van der Waals surface area contributed by atoms with Crippen molar-refractivity contribution in [2.75, 3.05) is 0 Å². The van der Waals surface area contributed by atoms with Gasteiger partial charge in [-0.05, 0) is 0 Å². The molecule has 2 nitrogen and oxygen atoms in total. The largest absolute Gasteiger partial charge is 0.344 e. The lowest BCUT2D eigenvalue weighted by Gasteiger charge is -1.55. The molecule has 0 aliphatic rings. The van der Waals surface area contributed by atoms with Gasteiger partial charge in [0.25, 0.3) is 0 Å². The third-order valence-corrected chi connectivity index (χ3v) is 0. The zero-order valence-electron chi connectivity index (χ0n) is 3.06. The van der Waals surface area contributed by atoms with E-state index < -0.39 is 0 Å². The van der Waals surface area contributed by atoms with Crippen LogP contribution in [0.2, 0.25) is 0 Å². The quantitative estimate of drug-likeness (QED) is 0.431. The minimum atomic E-state index is -0.139. The molecule has 0 atom stereocenters. The van der Waals surface area contributed by atoms with Crippen LogP contribution >= 0.6 is 12.6 Å². The summed E-state index contributed by atoms with van der Waals surface area (Å²) in [6.07, 6.45) is 0. The first-order valence-electron chi connectivity index (χ1n) is 0.928. The van der Waals surface area contributed by atoms with Crippen molar-refractivity contribution >= 4 is 17.7 Å². The van der Waals surface area contributed by atoms with Gasteiger partial charge in [-0.2, -0.15) is 0 Å². The minimum absolute atomic E-state index is 0. The van der Waals surface area contributed by atoms with Crippen LogP contribution in [-0.2, 0) is 4.79 Å².